The number of rotatable bonds is 7. The molecule has 0 spiro atoms. The minimum absolute atomic E-state index is 0.170. The molecule has 1 amide bonds. The SMILES string of the molecule is Cc1cc(C)cc(CN2CCC(c3ccnc4c(C(=O)NCCN(C)C)ncn34)C2)c1. The first-order valence-electron chi connectivity index (χ1n) is 10.9. The van der Waals surface area contributed by atoms with Crippen LogP contribution in [0, 0.1) is 13.8 Å². The Kier molecular flexibility index (Phi) is 6.34. The molecule has 4 rings (SSSR count). The van der Waals surface area contributed by atoms with Crippen LogP contribution in [0.25, 0.3) is 5.65 Å². The van der Waals surface area contributed by atoms with Crippen LogP contribution >= 0.6 is 0 Å². The van der Waals surface area contributed by atoms with Gasteiger partial charge in [-0.05, 0) is 52.5 Å². The number of aryl methyl sites for hydroxylation is 2. The van der Waals surface area contributed by atoms with Crippen molar-refractivity contribution >= 4 is 11.6 Å². The maximum Gasteiger partial charge on any atom is 0.273 e. The highest BCUT2D eigenvalue weighted by molar-refractivity contribution is 5.97. The lowest BCUT2D eigenvalue weighted by Gasteiger charge is -2.17. The van der Waals surface area contributed by atoms with Gasteiger partial charge in [0, 0.05) is 44.0 Å². The Morgan fingerprint density at radius 1 is 1.19 bits per heavy atom. The summed E-state index contributed by atoms with van der Waals surface area (Å²) in [4.78, 5) is 26.0. The number of likely N-dealkylation sites (N-methyl/N-ethyl adjacent to an activating group) is 1. The average Bonchev–Trinajstić information content (AvgIpc) is 3.33. The summed E-state index contributed by atoms with van der Waals surface area (Å²) in [5.41, 5.74) is 6.20. The molecule has 1 fully saturated rings. The highest BCUT2D eigenvalue weighted by atomic mass is 16.1. The number of fused-ring (bicyclic) bond motifs is 1. The number of carbonyl (C=O) groups is 1. The van der Waals surface area contributed by atoms with E-state index in [1.165, 1.54) is 22.4 Å². The van der Waals surface area contributed by atoms with Gasteiger partial charge in [-0.3, -0.25) is 14.1 Å². The van der Waals surface area contributed by atoms with Crippen molar-refractivity contribution in [2.75, 3.05) is 40.3 Å². The van der Waals surface area contributed by atoms with Gasteiger partial charge in [-0.2, -0.15) is 0 Å². The number of benzene rings is 1. The maximum absolute atomic E-state index is 12.6. The van der Waals surface area contributed by atoms with E-state index in [0.717, 1.165) is 32.6 Å². The van der Waals surface area contributed by atoms with Crippen LogP contribution in [0.1, 0.15) is 45.2 Å². The van der Waals surface area contributed by atoms with Crippen LogP contribution in [0.5, 0.6) is 0 Å². The first-order chi connectivity index (χ1) is 14.9. The number of nitrogens with one attached hydrogen (secondary N) is 1. The molecule has 1 aromatic carbocycles. The van der Waals surface area contributed by atoms with Crippen molar-refractivity contribution in [2.45, 2.75) is 32.7 Å². The standard InChI is InChI=1S/C24H32N6O/c1-17-11-18(2)13-19(12-17)14-29-9-6-20(15-29)21-5-7-25-23-22(27-16-30(21)23)24(31)26-8-10-28(3)4/h5,7,11-13,16,20H,6,8-10,14-15H2,1-4H3,(H,26,31). The van der Waals surface area contributed by atoms with Crippen LogP contribution in [0.4, 0.5) is 0 Å². The Balaban J connectivity index is 1.47. The number of likely N-dealkylation sites (tertiary alicyclic amines) is 1. The molecule has 0 bridgehead atoms. The van der Waals surface area contributed by atoms with Gasteiger partial charge < -0.3 is 10.2 Å². The second kappa shape index (κ2) is 9.16. The third-order valence-corrected chi connectivity index (χ3v) is 5.90. The Labute approximate surface area is 184 Å². The van der Waals surface area contributed by atoms with Crippen molar-refractivity contribution in [2.24, 2.45) is 0 Å². The fraction of sp³-hybridized carbons (Fsp3) is 0.458. The molecule has 7 heteroatoms. The van der Waals surface area contributed by atoms with E-state index in [1.807, 2.05) is 23.4 Å². The maximum atomic E-state index is 12.6. The van der Waals surface area contributed by atoms with Gasteiger partial charge in [-0.25, -0.2) is 9.97 Å². The van der Waals surface area contributed by atoms with Crippen molar-refractivity contribution < 1.29 is 4.79 Å². The Morgan fingerprint density at radius 2 is 1.97 bits per heavy atom. The molecular weight excluding hydrogens is 388 g/mol. The molecule has 1 unspecified atom stereocenters. The first-order valence-corrected chi connectivity index (χ1v) is 10.9. The summed E-state index contributed by atoms with van der Waals surface area (Å²) in [6, 6.07) is 8.84. The van der Waals surface area contributed by atoms with Crippen LogP contribution in [-0.2, 0) is 6.54 Å². The highest BCUT2D eigenvalue weighted by Gasteiger charge is 2.27. The molecule has 3 aromatic rings. The third kappa shape index (κ3) is 4.94. The fourth-order valence-corrected chi connectivity index (χ4v) is 4.52. The predicted molar refractivity (Wildman–Crippen MR) is 122 cm³/mol. The zero-order valence-corrected chi connectivity index (χ0v) is 18.9. The van der Waals surface area contributed by atoms with Crippen molar-refractivity contribution in [3.8, 4) is 0 Å². The molecule has 31 heavy (non-hydrogen) atoms. The first kappa shape index (κ1) is 21.5. The van der Waals surface area contributed by atoms with Crippen molar-refractivity contribution in [3.63, 3.8) is 0 Å². The molecule has 3 heterocycles. The van der Waals surface area contributed by atoms with E-state index in [4.69, 9.17) is 0 Å². The van der Waals surface area contributed by atoms with E-state index >= 15 is 0 Å². The molecule has 1 aliphatic heterocycles. The van der Waals surface area contributed by atoms with Gasteiger partial charge in [-0.1, -0.05) is 29.3 Å². The summed E-state index contributed by atoms with van der Waals surface area (Å²) in [7, 11) is 3.97. The molecule has 1 aliphatic rings. The van der Waals surface area contributed by atoms with Crippen LogP contribution in [0.2, 0.25) is 0 Å². The van der Waals surface area contributed by atoms with Gasteiger partial charge in [0.15, 0.2) is 11.3 Å². The largest absolute Gasteiger partial charge is 0.349 e. The van der Waals surface area contributed by atoms with E-state index in [-0.39, 0.29) is 5.91 Å². The smallest absolute Gasteiger partial charge is 0.273 e. The summed E-state index contributed by atoms with van der Waals surface area (Å²) in [6.45, 7) is 8.71. The van der Waals surface area contributed by atoms with E-state index in [9.17, 15) is 4.79 Å². The van der Waals surface area contributed by atoms with Crippen LogP contribution < -0.4 is 5.32 Å². The van der Waals surface area contributed by atoms with E-state index in [1.54, 1.807) is 12.5 Å². The lowest BCUT2D eigenvalue weighted by molar-refractivity contribution is 0.0948. The highest BCUT2D eigenvalue weighted by Crippen LogP contribution is 2.29. The second-order valence-corrected chi connectivity index (χ2v) is 8.93. The van der Waals surface area contributed by atoms with E-state index in [0.29, 0.717) is 23.8 Å². The Hall–Kier alpha value is -2.77. The van der Waals surface area contributed by atoms with Gasteiger partial charge >= 0.3 is 0 Å². The number of aromatic nitrogens is 3. The molecule has 0 radical (unpaired) electrons. The molecule has 2 aromatic heterocycles. The van der Waals surface area contributed by atoms with Gasteiger partial charge in [-0.15, -0.1) is 0 Å². The Morgan fingerprint density at radius 3 is 2.71 bits per heavy atom. The fourth-order valence-electron chi connectivity index (χ4n) is 4.52. The molecule has 1 atom stereocenters. The zero-order valence-electron chi connectivity index (χ0n) is 18.9. The summed E-state index contributed by atoms with van der Waals surface area (Å²) >= 11 is 0. The van der Waals surface area contributed by atoms with Crippen LogP contribution in [0.3, 0.4) is 0 Å². The molecule has 1 N–H and O–H groups in total. The van der Waals surface area contributed by atoms with Crippen LogP contribution in [-0.4, -0.2) is 70.4 Å². The van der Waals surface area contributed by atoms with Crippen molar-refractivity contribution in [3.05, 3.63) is 64.9 Å². The van der Waals surface area contributed by atoms with Crippen LogP contribution in [0.15, 0.2) is 36.8 Å². The zero-order chi connectivity index (χ0) is 22.0. The summed E-state index contributed by atoms with van der Waals surface area (Å²) in [5, 5.41) is 2.94. The minimum atomic E-state index is -0.170. The molecule has 164 valence electrons. The summed E-state index contributed by atoms with van der Waals surface area (Å²) in [5.74, 6) is 0.229. The molecule has 1 saturated heterocycles. The van der Waals surface area contributed by atoms with Gasteiger partial charge in [0.2, 0.25) is 0 Å². The van der Waals surface area contributed by atoms with Gasteiger partial charge in [0.05, 0.1) is 0 Å². The monoisotopic (exact) mass is 420 g/mol. The van der Waals surface area contributed by atoms with E-state index in [2.05, 4.69) is 58.3 Å². The second-order valence-electron chi connectivity index (χ2n) is 8.93. The Bertz CT molecular complexity index is 1050. The number of nitrogens with zero attached hydrogens (tertiary/aromatic N) is 5. The van der Waals surface area contributed by atoms with Gasteiger partial charge in [0.1, 0.15) is 6.33 Å². The number of imidazole rings is 1. The molecule has 7 nitrogen and oxygen atoms in total. The molecule has 0 aliphatic carbocycles. The summed E-state index contributed by atoms with van der Waals surface area (Å²) < 4.78 is 1.99. The lowest BCUT2D eigenvalue weighted by Crippen LogP contribution is -2.31. The van der Waals surface area contributed by atoms with E-state index < -0.39 is 0 Å². The number of carbonyl (C=O) groups excluding carboxylic acids is 1. The number of hydrogen-bond donors (Lipinski definition) is 1. The summed E-state index contributed by atoms with van der Waals surface area (Å²) in [6.07, 6.45) is 4.63. The minimum Gasteiger partial charge on any atom is -0.349 e. The predicted octanol–water partition coefficient (Wildman–Crippen LogP) is 2.63. The van der Waals surface area contributed by atoms with Gasteiger partial charge in [0.25, 0.3) is 5.91 Å². The van der Waals surface area contributed by atoms with Crippen molar-refractivity contribution in [1.82, 2.24) is 29.5 Å². The number of amides is 1. The molecular formula is C24H32N6O. The topological polar surface area (TPSA) is 65.8 Å². The number of hydrogen-bond acceptors (Lipinski definition) is 5. The normalized spacial score (nSPS) is 17.0. The average molecular weight is 421 g/mol. The lowest BCUT2D eigenvalue weighted by atomic mass is 10.0. The van der Waals surface area contributed by atoms with Crippen molar-refractivity contribution in [1.29, 1.82) is 0 Å². The quantitative estimate of drug-likeness (QED) is 0.637. The molecule has 0 saturated carbocycles. The third-order valence-electron chi connectivity index (χ3n) is 5.90.